The maximum atomic E-state index is 14.6. The first-order valence-electron chi connectivity index (χ1n) is 12.7. The van der Waals surface area contributed by atoms with Gasteiger partial charge < -0.3 is 14.8 Å². The summed E-state index contributed by atoms with van der Waals surface area (Å²) in [5.41, 5.74) is 0.751. The number of ether oxygens (including phenoxy) is 2. The quantitative estimate of drug-likeness (QED) is 0.225. The maximum Gasteiger partial charge on any atom is 0.420 e. The van der Waals surface area contributed by atoms with E-state index in [9.17, 15) is 13.2 Å². The second-order valence-corrected chi connectivity index (χ2v) is 11.1. The Kier molecular flexibility index (Phi) is 8.47. The van der Waals surface area contributed by atoms with Crippen molar-refractivity contribution in [2.45, 2.75) is 33.5 Å². The summed E-state index contributed by atoms with van der Waals surface area (Å²) in [5.74, 6) is 0.0206. The Morgan fingerprint density at radius 3 is 2.21 bits per heavy atom. The van der Waals surface area contributed by atoms with Crippen LogP contribution in [-0.4, -0.2) is 43.7 Å². The van der Waals surface area contributed by atoms with Crippen LogP contribution in [0.2, 0.25) is 5.02 Å². The Balaban J connectivity index is 1.71. The molecule has 4 rings (SSSR count). The molecule has 1 heterocycles. The third-order valence-corrected chi connectivity index (χ3v) is 6.67. The van der Waals surface area contributed by atoms with Crippen molar-refractivity contribution in [3.8, 4) is 11.5 Å². The monoisotopic (exact) mass is 559 g/mol. The van der Waals surface area contributed by atoms with Gasteiger partial charge in [-0.1, -0.05) is 56.6 Å². The van der Waals surface area contributed by atoms with Gasteiger partial charge in [0.2, 0.25) is 0 Å². The van der Waals surface area contributed by atoms with Crippen LogP contribution in [0.15, 0.2) is 54.7 Å². The molecule has 208 valence electrons. The Morgan fingerprint density at radius 1 is 0.923 bits per heavy atom. The molecule has 3 aromatic carbocycles. The lowest BCUT2D eigenvalue weighted by Crippen LogP contribution is -2.36. The lowest BCUT2D eigenvalue weighted by atomic mass is 9.93. The van der Waals surface area contributed by atoms with E-state index in [1.165, 1.54) is 14.2 Å². The van der Waals surface area contributed by atoms with E-state index in [0.29, 0.717) is 35.4 Å². The van der Waals surface area contributed by atoms with Crippen LogP contribution < -0.4 is 14.8 Å². The zero-order valence-corrected chi connectivity index (χ0v) is 23.5. The predicted octanol–water partition coefficient (Wildman–Crippen LogP) is 8.04. The summed E-state index contributed by atoms with van der Waals surface area (Å²) in [6.45, 7) is 7.79. The molecule has 0 bridgehead atoms. The first-order valence-corrected chi connectivity index (χ1v) is 13.0. The minimum atomic E-state index is -4.64. The topological polar surface area (TPSA) is 46.6 Å². The van der Waals surface area contributed by atoms with Crippen LogP contribution in [0.5, 0.6) is 11.5 Å². The number of aromatic nitrogens is 1. The molecule has 1 aromatic heterocycles. The van der Waals surface area contributed by atoms with Gasteiger partial charge in [0.1, 0.15) is 17.1 Å². The summed E-state index contributed by atoms with van der Waals surface area (Å²) in [6, 6.07) is 14.2. The van der Waals surface area contributed by atoms with E-state index in [0.717, 1.165) is 16.6 Å². The van der Waals surface area contributed by atoms with Crippen molar-refractivity contribution >= 4 is 39.0 Å². The van der Waals surface area contributed by atoms with Gasteiger partial charge in [-0.3, -0.25) is 9.88 Å². The lowest BCUT2D eigenvalue weighted by Gasteiger charge is -2.32. The number of pyridine rings is 1. The van der Waals surface area contributed by atoms with E-state index >= 15 is 0 Å². The molecule has 4 aromatic rings. The van der Waals surface area contributed by atoms with Gasteiger partial charge in [0.25, 0.3) is 0 Å². The Bertz CT molecular complexity index is 1470. The highest BCUT2D eigenvalue weighted by Gasteiger charge is 2.40. The first-order chi connectivity index (χ1) is 18.4. The second-order valence-electron chi connectivity index (χ2n) is 10.7. The van der Waals surface area contributed by atoms with Crippen molar-refractivity contribution in [2.24, 2.45) is 5.41 Å². The van der Waals surface area contributed by atoms with Crippen LogP contribution >= 0.6 is 11.6 Å². The molecule has 9 heteroatoms. The number of benzene rings is 3. The fourth-order valence-corrected chi connectivity index (χ4v) is 5.22. The molecule has 1 N–H and O–H groups in total. The molecule has 0 saturated heterocycles. The van der Waals surface area contributed by atoms with Gasteiger partial charge in [0.05, 0.1) is 19.7 Å². The van der Waals surface area contributed by atoms with E-state index in [-0.39, 0.29) is 29.0 Å². The Morgan fingerprint density at radius 2 is 1.59 bits per heavy atom. The molecule has 0 aliphatic rings. The summed E-state index contributed by atoms with van der Waals surface area (Å²) in [7, 11) is 2.69. The highest BCUT2D eigenvalue weighted by atomic mass is 35.5. The number of anilines is 1. The molecule has 0 aliphatic heterocycles. The SMILES string of the molecule is COc1c(CN(CCNc2ccnc3cc(Cl)ccc23)CC(C)(C)C)c(C(F)(F)F)c(OC)c2ccccc12. The third kappa shape index (κ3) is 6.50. The third-order valence-electron chi connectivity index (χ3n) is 6.44. The van der Waals surface area contributed by atoms with Gasteiger partial charge in [-0.25, -0.2) is 0 Å². The van der Waals surface area contributed by atoms with E-state index in [4.69, 9.17) is 21.1 Å². The van der Waals surface area contributed by atoms with Gasteiger partial charge in [-0.05, 0) is 29.7 Å². The van der Waals surface area contributed by atoms with E-state index in [1.54, 1.807) is 42.6 Å². The van der Waals surface area contributed by atoms with Crippen molar-refractivity contribution in [1.82, 2.24) is 9.88 Å². The number of fused-ring (bicyclic) bond motifs is 2. The summed E-state index contributed by atoms with van der Waals surface area (Å²) in [4.78, 5) is 6.40. The largest absolute Gasteiger partial charge is 0.496 e. The molecular formula is C30H33ClF3N3O2. The summed E-state index contributed by atoms with van der Waals surface area (Å²) < 4.78 is 54.8. The second kappa shape index (κ2) is 11.5. The molecule has 0 unspecified atom stereocenters. The van der Waals surface area contributed by atoms with Crippen molar-refractivity contribution < 1.29 is 22.6 Å². The van der Waals surface area contributed by atoms with Crippen LogP contribution in [0.3, 0.4) is 0 Å². The average molecular weight is 560 g/mol. The number of hydrogen-bond acceptors (Lipinski definition) is 5. The van der Waals surface area contributed by atoms with Crippen molar-refractivity contribution in [1.29, 1.82) is 0 Å². The standard InChI is InChI=1S/C30H33ClF3N3O2/c1-29(2,3)18-37(15-14-36-24-12-13-35-25-16-19(31)10-11-22(24)25)17-23-26(30(32,33)34)28(39-5)21-9-7-6-8-20(21)27(23)38-4/h6-13,16H,14-15,17-18H2,1-5H3,(H,35,36). The van der Waals surface area contributed by atoms with Gasteiger partial charge in [-0.15, -0.1) is 0 Å². The lowest BCUT2D eigenvalue weighted by molar-refractivity contribution is -0.139. The predicted molar refractivity (Wildman–Crippen MR) is 152 cm³/mol. The fourth-order valence-electron chi connectivity index (χ4n) is 5.06. The number of halogens is 4. The number of nitrogens with zero attached hydrogens (tertiary/aromatic N) is 2. The zero-order valence-electron chi connectivity index (χ0n) is 22.7. The smallest absolute Gasteiger partial charge is 0.420 e. The van der Waals surface area contributed by atoms with E-state index in [2.05, 4.69) is 31.1 Å². The van der Waals surface area contributed by atoms with Crippen LogP contribution in [0.25, 0.3) is 21.7 Å². The summed E-state index contributed by atoms with van der Waals surface area (Å²) >= 11 is 6.12. The Hall–Kier alpha value is -3.23. The van der Waals surface area contributed by atoms with Gasteiger partial charge in [0.15, 0.2) is 0 Å². The van der Waals surface area contributed by atoms with Gasteiger partial charge in [-0.2, -0.15) is 13.2 Å². The minimum absolute atomic E-state index is 0.0326. The zero-order chi connectivity index (χ0) is 28.4. The minimum Gasteiger partial charge on any atom is -0.496 e. The maximum absolute atomic E-state index is 14.6. The van der Waals surface area contributed by atoms with Crippen LogP contribution in [-0.2, 0) is 12.7 Å². The summed E-state index contributed by atoms with van der Waals surface area (Å²) in [6.07, 6.45) is -2.93. The molecule has 0 saturated carbocycles. The highest BCUT2D eigenvalue weighted by molar-refractivity contribution is 6.31. The van der Waals surface area contributed by atoms with Crippen molar-refractivity contribution in [2.75, 3.05) is 39.2 Å². The van der Waals surface area contributed by atoms with Crippen molar-refractivity contribution in [3.63, 3.8) is 0 Å². The number of methoxy groups -OCH3 is 2. The fraction of sp³-hybridized carbons (Fsp3) is 0.367. The van der Waals surface area contributed by atoms with Crippen LogP contribution in [0, 0.1) is 5.41 Å². The Labute approximate surface area is 231 Å². The van der Waals surface area contributed by atoms with Gasteiger partial charge >= 0.3 is 6.18 Å². The number of alkyl halides is 3. The first kappa shape index (κ1) is 28.8. The highest BCUT2D eigenvalue weighted by Crippen LogP contribution is 2.48. The van der Waals surface area contributed by atoms with Crippen LogP contribution in [0.1, 0.15) is 31.9 Å². The molecule has 5 nitrogen and oxygen atoms in total. The van der Waals surface area contributed by atoms with Crippen molar-refractivity contribution in [3.05, 3.63) is 70.9 Å². The number of hydrogen-bond donors (Lipinski definition) is 1. The molecule has 0 radical (unpaired) electrons. The summed E-state index contributed by atoms with van der Waals surface area (Å²) in [5, 5.41) is 5.90. The van der Waals surface area contributed by atoms with E-state index in [1.807, 2.05) is 17.0 Å². The molecule has 0 spiro atoms. The normalized spacial score (nSPS) is 12.4. The molecular weight excluding hydrogens is 527 g/mol. The molecule has 39 heavy (non-hydrogen) atoms. The molecule has 0 aliphatic carbocycles. The van der Waals surface area contributed by atoms with Gasteiger partial charge in [0, 0.05) is 64.8 Å². The molecule has 0 fully saturated rings. The number of rotatable bonds is 9. The average Bonchev–Trinajstić information content (AvgIpc) is 2.86. The van der Waals surface area contributed by atoms with Crippen LogP contribution in [0.4, 0.5) is 18.9 Å². The molecule has 0 atom stereocenters. The molecule has 0 amide bonds. The van der Waals surface area contributed by atoms with E-state index < -0.39 is 11.7 Å². The number of nitrogens with one attached hydrogen (secondary N) is 1.